The summed E-state index contributed by atoms with van der Waals surface area (Å²) in [6.45, 7) is 5.73. The zero-order chi connectivity index (χ0) is 20.7. The van der Waals surface area contributed by atoms with Gasteiger partial charge in [0.1, 0.15) is 22.7 Å². The molecule has 0 saturated heterocycles. The molecule has 0 spiro atoms. The number of carbonyl (C=O) groups is 1. The number of rotatable bonds is 4. The molecule has 0 fully saturated rings. The second kappa shape index (κ2) is 7.13. The summed E-state index contributed by atoms with van der Waals surface area (Å²) in [5.74, 6) is 1.16. The van der Waals surface area contributed by atoms with Crippen molar-refractivity contribution in [3.63, 3.8) is 0 Å². The molecule has 0 aliphatic rings. The van der Waals surface area contributed by atoms with E-state index >= 15 is 0 Å². The van der Waals surface area contributed by atoms with Gasteiger partial charge in [0, 0.05) is 28.6 Å². The average Bonchev–Trinajstić information content (AvgIpc) is 2.97. The van der Waals surface area contributed by atoms with Crippen molar-refractivity contribution in [1.82, 2.24) is 0 Å². The number of hydrogen-bond acceptors (Lipinski definition) is 5. The van der Waals surface area contributed by atoms with Gasteiger partial charge in [0.25, 0.3) is 0 Å². The molecule has 29 heavy (non-hydrogen) atoms. The summed E-state index contributed by atoms with van der Waals surface area (Å²) in [4.78, 5) is 25.1. The van der Waals surface area contributed by atoms with E-state index in [4.69, 9.17) is 13.6 Å². The Kier molecular flexibility index (Phi) is 4.62. The monoisotopic (exact) mass is 391 g/mol. The van der Waals surface area contributed by atoms with Crippen LogP contribution in [0.3, 0.4) is 0 Å². The van der Waals surface area contributed by atoms with E-state index in [0.29, 0.717) is 28.2 Å². The number of carbonyl (C=O) groups excluding carboxylic acids is 1. The van der Waals surface area contributed by atoms with E-state index in [-0.39, 0.29) is 12.3 Å². The van der Waals surface area contributed by atoms with Crippen molar-refractivity contribution >= 4 is 33.5 Å². The summed E-state index contributed by atoms with van der Waals surface area (Å²) in [6.07, 6.45) is -0.0806. The molecule has 0 aliphatic carbocycles. The van der Waals surface area contributed by atoms with E-state index in [2.05, 4.69) is 5.32 Å². The first-order chi connectivity index (χ1) is 13.9. The fourth-order valence-corrected chi connectivity index (χ4v) is 3.50. The molecule has 0 bridgehead atoms. The summed E-state index contributed by atoms with van der Waals surface area (Å²) < 4.78 is 16.4. The van der Waals surface area contributed by atoms with Gasteiger partial charge in [0.05, 0.1) is 19.1 Å². The molecule has 4 aromatic rings. The molecule has 2 aromatic heterocycles. The number of amides is 1. The Balaban J connectivity index is 1.71. The number of ether oxygens (including phenoxy) is 1. The molecule has 6 heteroatoms. The summed E-state index contributed by atoms with van der Waals surface area (Å²) in [7, 11) is 1.56. The number of benzene rings is 2. The van der Waals surface area contributed by atoms with Gasteiger partial charge >= 0.3 is 5.63 Å². The Morgan fingerprint density at radius 1 is 1.00 bits per heavy atom. The summed E-state index contributed by atoms with van der Waals surface area (Å²) in [5.41, 5.74) is 3.33. The van der Waals surface area contributed by atoms with Crippen LogP contribution in [0.15, 0.2) is 50.0 Å². The van der Waals surface area contributed by atoms with Gasteiger partial charge < -0.3 is 18.9 Å². The van der Waals surface area contributed by atoms with Crippen LogP contribution in [0.1, 0.15) is 22.5 Å². The number of hydrogen-bond donors (Lipinski definition) is 1. The Morgan fingerprint density at radius 2 is 1.72 bits per heavy atom. The number of furan rings is 1. The van der Waals surface area contributed by atoms with Gasteiger partial charge in [-0.2, -0.15) is 0 Å². The fraction of sp³-hybridized carbons (Fsp3) is 0.217. The molecule has 6 nitrogen and oxygen atoms in total. The van der Waals surface area contributed by atoms with Crippen LogP contribution in [0.5, 0.6) is 5.75 Å². The standard InChI is InChI=1S/C23H21NO5/c1-12-14(3)28-20-11-21-18(9-17(12)20)13(2)19(23(26)29-21)10-22(25)24-15-6-5-7-16(8-15)27-4/h5-9,11H,10H2,1-4H3,(H,24,25). The van der Waals surface area contributed by atoms with Gasteiger partial charge in [-0.25, -0.2) is 4.79 Å². The van der Waals surface area contributed by atoms with Crippen LogP contribution in [-0.4, -0.2) is 13.0 Å². The van der Waals surface area contributed by atoms with Gasteiger partial charge in [0.15, 0.2) is 0 Å². The third kappa shape index (κ3) is 3.38. The molecular weight excluding hydrogens is 370 g/mol. The van der Waals surface area contributed by atoms with Crippen molar-refractivity contribution < 1.29 is 18.4 Å². The van der Waals surface area contributed by atoms with E-state index in [1.807, 2.05) is 26.8 Å². The van der Waals surface area contributed by atoms with Crippen molar-refractivity contribution in [1.29, 1.82) is 0 Å². The molecule has 1 N–H and O–H groups in total. The maximum Gasteiger partial charge on any atom is 0.340 e. The molecule has 2 aromatic carbocycles. The van der Waals surface area contributed by atoms with E-state index in [0.717, 1.165) is 27.7 Å². The lowest BCUT2D eigenvalue weighted by atomic mass is 10.0. The van der Waals surface area contributed by atoms with Gasteiger partial charge in [-0.3, -0.25) is 4.79 Å². The van der Waals surface area contributed by atoms with E-state index in [1.165, 1.54) is 0 Å². The van der Waals surface area contributed by atoms with Gasteiger partial charge in [-0.1, -0.05) is 6.07 Å². The van der Waals surface area contributed by atoms with Crippen LogP contribution in [0, 0.1) is 20.8 Å². The minimum atomic E-state index is -0.518. The quantitative estimate of drug-likeness (QED) is 0.512. The molecule has 0 aliphatic heterocycles. The average molecular weight is 391 g/mol. The highest BCUT2D eigenvalue weighted by Gasteiger charge is 2.17. The SMILES string of the molecule is COc1cccc(NC(=O)Cc2c(C)c3cc4c(C)c(C)oc4cc3oc2=O)c1. The zero-order valence-electron chi connectivity index (χ0n) is 16.7. The predicted octanol–water partition coefficient (Wildman–Crippen LogP) is 4.65. The second-order valence-corrected chi connectivity index (χ2v) is 7.08. The number of aryl methyl sites for hydroxylation is 3. The topological polar surface area (TPSA) is 81.7 Å². The Morgan fingerprint density at radius 3 is 2.48 bits per heavy atom. The van der Waals surface area contributed by atoms with Crippen molar-refractivity contribution in [2.24, 2.45) is 0 Å². The lowest BCUT2D eigenvalue weighted by Gasteiger charge is -2.09. The molecule has 148 valence electrons. The van der Waals surface area contributed by atoms with Crippen molar-refractivity contribution in [3.05, 3.63) is 69.3 Å². The second-order valence-electron chi connectivity index (χ2n) is 7.08. The predicted molar refractivity (Wildman–Crippen MR) is 112 cm³/mol. The van der Waals surface area contributed by atoms with Crippen LogP contribution in [0.4, 0.5) is 5.69 Å². The first kappa shape index (κ1) is 18.8. The Labute approximate surface area is 167 Å². The van der Waals surface area contributed by atoms with E-state index in [9.17, 15) is 9.59 Å². The lowest BCUT2D eigenvalue weighted by molar-refractivity contribution is -0.115. The van der Waals surface area contributed by atoms with Crippen LogP contribution in [0.2, 0.25) is 0 Å². The first-order valence-corrected chi connectivity index (χ1v) is 9.27. The smallest absolute Gasteiger partial charge is 0.340 e. The van der Waals surface area contributed by atoms with E-state index < -0.39 is 5.63 Å². The molecule has 2 heterocycles. The molecule has 0 unspecified atom stereocenters. The van der Waals surface area contributed by atoms with Crippen molar-refractivity contribution in [2.45, 2.75) is 27.2 Å². The third-order valence-electron chi connectivity index (χ3n) is 5.27. The molecule has 0 radical (unpaired) electrons. The number of anilines is 1. The molecule has 4 rings (SSSR count). The number of fused-ring (bicyclic) bond motifs is 2. The van der Waals surface area contributed by atoms with Crippen molar-refractivity contribution in [3.8, 4) is 5.75 Å². The summed E-state index contributed by atoms with van der Waals surface area (Å²) >= 11 is 0. The summed E-state index contributed by atoms with van der Waals surface area (Å²) in [5, 5.41) is 4.56. The highest BCUT2D eigenvalue weighted by atomic mass is 16.5. The van der Waals surface area contributed by atoms with Crippen LogP contribution >= 0.6 is 0 Å². The molecule has 1 amide bonds. The van der Waals surface area contributed by atoms with Crippen LogP contribution < -0.4 is 15.7 Å². The largest absolute Gasteiger partial charge is 0.497 e. The first-order valence-electron chi connectivity index (χ1n) is 9.27. The minimum absolute atomic E-state index is 0.0806. The zero-order valence-corrected chi connectivity index (χ0v) is 16.7. The highest BCUT2D eigenvalue weighted by molar-refractivity contribution is 5.98. The van der Waals surface area contributed by atoms with Gasteiger partial charge in [-0.05, 0) is 50.1 Å². The van der Waals surface area contributed by atoms with Crippen molar-refractivity contribution in [2.75, 3.05) is 12.4 Å². The van der Waals surface area contributed by atoms with Crippen LogP contribution in [0.25, 0.3) is 21.9 Å². The maximum absolute atomic E-state index is 12.6. The molecule has 0 atom stereocenters. The Bertz CT molecular complexity index is 1310. The molecular formula is C23H21NO5. The lowest BCUT2D eigenvalue weighted by Crippen LogP contribution is -2.20. The van der Waals surface area contributed by atoms with Crippen LogP contribution in [-0.2, 0) is 11.2 Å². The van der Waals surface area contributed by atoms with Gasteiger partial charge in [0.2, 0.25) is 5.91 Å². The minimum Gasteiger partial charge on any atom is -0.497 e. The van der Waals surface area contributed by atoms with Gasteiger partial charge in [-0.15, -0.1) is 0 Å². The third-order valence-corrected chi connectivity index (χ3v) is 5.27. The summed E-state index contributed by atoms with van der Waals surface area (Å²) in [6, 6.07) is 10.7. The van der Waals surface area contributed by atoms with E-state index in [1.54, 1.807) is 37.4 Å². The normalized spacial score (nSPS) is 11.2. The maximum atomic E-state index is 12.6. The fourth-order valence-electron chi connectivity index (χ4n) is 3.50. The number of nitrogens with one attached hydrogen (secondary N) is 1. The number of methoxy groups -OCH3 is 1. The Hall–Kier alpha value is -3.54. The molecule has 0 saturated carbocycles. The highest BCUT2D eigenvalue weighted by Crippen LogP contribution is 2.31.